The minimum atomic E-state index is -1.68. The van der Waals surface area contributed by atoms with Crippen LogP contribution in [0.1, 0.15) is 44.1 Å². The van der Waals surface area contributed by atoms with E-state index in [9.17, 15) is 0 Å². The van der Waals surface area contributed by atoms with E-state index < -0.39 is 8.07 Å². The third kappa shape index (κ3) is 1.53. The number of aryl methyl sites for hydroxylation is 1. The number of benzene rings is 1. The second-order valence-corrected chi connectivity index (χ2v) is 10.3. The van der Waals surface area contributed by atoms with E-state index in [0.29, 0.717) is 0 Å². The molecule has 1 aromatic rings. The Balaban J connectivity index is 1.98. The van der Waals surface area contributed by atoms with Gasteiger partial charge >= 0.3 is 0 Å². The molecule has 0 bridgehead atoms. The van der Waals surface area contributed by atoms with Crippen LogP contribution in [-0.2, 0) is 0 Å². The van der Waals surface area contributed by atoms with Gasteiger partial charge in [-0.25, -0.2) is 0 Å². The second kappa shape index (κ2) is 4.59. The molecule has 3 aliphatic carbocycles. The molecule has 0 saturated heterocycles. The third-order valence-electron chi connectivity index (χ3n) is 5.41. The van der Waals surface area contributed by atoms with Gasteiger partial charge in [0.15, 0.2) is 8.07 Å². The topological polar surface area (TPSA) is 0 Å². The van der Waals surface area contributed by atoms with Crippen molar-refractivity contribution < 1.29 is 0 Å². The van der Waals surface area contributed by atoms with Gasteiger partial charge in [0, 0.05) is 0 Å². The van der Waals surface area contributed by atoms with Crippen LogP contribution in [0, 0.1) is 6.92 Å². The molecule has 0 heterocycles. The Kier molecular flexibility index (Phi) is 2.85. The first-order valence-electron chi connectivity index (χ1n) is 7.98. The molecule has 20 heavy (non-hydrogen) atoms. The van der Waals surface area contributed by atoms with Crippen molar-refractivity contribution in [1.29, 1.82) is 0 Å². The zero-order valence-electron chi connectivity index (χ0n) is 12.3. The van der Waals surface area contributed by atoms with Gasteiger partial charge in [0.1, 0.15) is 0 Å². The summed E-state index contributed by atoms with van der Waals surface area (Å²) in [5, 5.41) is 7.11. The average Bonchev–Trinajstić information content (AvgIpc) is 2.21. The molecule has 4 rings (SSSR count). The van der Waals surface area contributed by atoms with Gasteiger partial charge in [-0.2, -0.15) is 0 Å². The summed E-state index contributed by atoms with van der Waals surface area (Å²) < 4.78 is 0. The van der Waals surface area contributed by atoms with Crippen LogP contribution in [0.5, 0.6) is 0 Å². The van der Waals surface area contributed by atoms with Crippen molar-refractivity contribution in [1.82, 2.24) is 0 Å². The van der Waals surface area contributed by atoms with Crippen molar-refractivity contribution in [3.63, 3.8) is 0 Å². The highest BCUT2D eigenvalue weighted by Gasteiger charge is 2.49. The Morgan fingerprint density at radius 2 is 1.20 bits per heavy atom. The van der Waals surface area contributed by atoms with Crippen LogP contribution in [0.3, 0.4) is 0 Å². The Morgan fingerprint density at radius 1 is 0.750 bits per heavy atom. The largest absolute Gasteiger partial charge is 0.166 e. The maximum Gasteiger partial charge on any atom is 0.166 e. The van der Waals surface area contributed by atoms with Crippen molar-refractivity contribution in [3.8, 4) is 0 Å². The first kappa shape index (κ1) is 12.4. The Morgan fingerprint density at radius 3 is 1.55 bits per heavy atom. The molecule has 102 valence electrons. The fraction of sp³-hybridized carbons (Fsp3) is 0.368. The molecule has 0 nitrogen and oxygen atoms in total. The predicted molar refractivity (Wildman–Crippen MR) is 88.5 cm³/mol. The summed E-state index contributed by atoms with van der Waals surface area (Å²) in [6, 6.07) is 9.19. The monoisotopic (exact) mass is 278 g/mol. The van der Waals surface area contributed by atoms with Crippen LogP contribution >= 0.6 is 0 Å². The second-order valence-electron chi connectivity index (χ2n) is 6.37. The quantitative estimate of drug-likeness (QED) is 0.715. The molecular formula is C19H22Si. The lowest BCUT2D eigenvalue weighted by Crippen LogP contribution is -2.58. The number of allylic oxidation sites excluding steroid dienone is 6. The van der Waals surface area contributed by atoms with Gasteiger partial charge in [-0.15, -0.1) is 0 Å². The molecule has 0 amide bonds. The van der Waals surface area contributed by atoms with Crippen molar-refractivity contribution in [2.24, 2.45) is 0 Å². The zero-order valence-corrected chi connectivity index (χ0v) is 13.3. The highest BCUT2D eigenvalue weighted by atomic mass is 28.3. The van der Waals surface area contributed by atoms with Gasteiger partial charge in [-0.1, -0.05) is 63.6 Å². The molecule has 0 fully saturated rings. The summed E-state index contributed by atoms with van der Waals surface area (Å²) in [7, 11) is -1.68. The van der Waals surface area contributed by atoms with E-state index in [-0.39, 0.29) is 0 Å². The summed E-state index contributed by atoms with van der Waals surface area (Å²) in [6.45, 7) is 2.31. The van der Waals surface area contributed by atoms with E-state index in [0.717, 1.165) is 0 Å². The van der Waals surface area contributed by atoms with Crippen molar-refractivity contribution in [2.75, 3.05) is 0 Å². The zero-order chi connectivity index (χ0) is 13.6. The molecule has 1 heteroatoms. The molecule has 0 radical (unpaired) electrons. The lowest BCUT2D eigenvalue weighted by molar-refractivity contribution is 0.865. The van der Waals surface area contributed by atoms with Crippen molar-refractivity contribution >= 4 is 13.3 Å². The molecule has 0 unspecified atom stereocenters. The first-order chi connectivity index (χ1) is 9.83. The molecule has 0 atom stereocenters. The van der Waals surface area contributed by atoms with Crippen LogP contribution in [0.15, 0.2) is 58.1 Å². The highest BCUT2D eigenvalue weighted by molar-refractivity contribution is 7.08. The summed E-state index contributed by atoms with van der Waals surface area (Å²) in [5.74, 6) is 0. The third-order valence-corrected chi connectivity index (χ3v) is 11.0. The minimum absolute atomic E-state index is 1.30. The Hall–Kier alpha value is -1.34. The fourth-order valence-corrected chi connectivity index (χ4v) is 10.2. The van der Waals surface area contributed by atoms with Crippen LogP contribution in [-0.4, -0.2) is 8.07 Å². The molecule has 0 aliphatic heterocycles. The summed E-state index contributed by atoms with van der Waals surface area (Å²) in [4.78, 5) is 0. The van der Waals surface area contributed by atoms with Crippen LogP contribution < -0.4 is 5.19 Å². The maximum atomic E-state index is 2.55. The molecule has 0 N–H and O–H groups in total. The lowest BCUT2D eigenvalue weighted by atomic mass is 10.1. The standard InChI is InChI=1S/C19H22Si/c1-15-7-2-3-14-19(15)20(16-8-4-9-16,17-10-5-11-17)18-12-6-13-18/h2-3,7-8,10,12,14H,4-6,9,11,13H2,1H3. The van der Waals surface area contributed by atoms with E-state index in [2.05, 4.69) is 49.4 Å². The first-order valence-corrected chi connectivity index (χ1v) is 9.98. The van der Waals surface area contributed by atoms with E-state index in [1.165, 1.54) is 44.1 Å². The number of rotatable bonds is 4. The van der Waals surface area contributed by atoms with Crippen molar-refractivity contribution in [2.45, 2.75) is 45.4 Å². The maximum absolute atomic E-state index is 2.55. The molecule has 0 aromatic heterocycles. The predicted octanol–water partition coefficient (Wildman–Crippen LogP) is 4.43. The van der Waals surface area contributed by atoms with Gasteiger partial charge in [0.05, 0.1) is 0 Å². The van der Waals surface area contributed by atoms with E-state index in [1.54, 1.807) is 5.19 Å². The van der Waals surface area contributed by atoms with Crippen LogP contribution in [0.25, 0.3) is 0 Å². The van der Waals surface area contributed by atoms with Gasteiger partial charge in [-0.3, -0.25) is 0 Å². The van der Waals surface area contributed by atoms with E-state index in [4.69, 9.17) is 0 Å². The fourth-order valence-electron chi connectivity index (χ4n) is 4.02. The van der Waals surface area contributed by atoms with Gasteiger partial charge in [-0.05, 0) is 50.6 Å². The van der Waals surface area contributed by atoms with E-state index in [1.807, 2.05) is 15.6 Å². The van der Waals surface area contributed by atoms with Crippen molar-refractivity contribution in [3.05, 3.63) is 63.6 Å². The minimum Gasteiger partial charge on any atom is -0.0879 e. The Labute approximate surface area is 122 Å². The van der Waals surface area contributed by atoms with Gasteiger partial charge in [0.2, 0.25) is 0 Å². The van der Waals surface area contributed by atoms with Crippen LogP contribution in [0.2, 0.25) is 0 Å². The highest BCUT2D eigenvalue weighted by Crippen LogP contribution is 2.46. The SMILES string of the molecule is Cc1ccccc1[Si](C1=CCC1)(C1=CCC1)C1=CCC1. The average molecular weight is 278 g/mol. The summed E-state index contributed by atoms with van der Waals surface area (Å²) >= 11 is 0. The lowest BCUT2D eigenvalue weighted by Gasteiger charge is -2.47. The summed E-state index contributed by atoms with van der Waals surface area (Å²) in [5.41, 5.74) is 1.51. The van der Waals surface area contributed by atoms with E-state index >= 15 is 0 Å². The summed E-state index contributed by atoms with van der Waals surface area (Å²) in [6.07, 6.45) is 15.6. The Bertz CT molecular complexity index is 590. The molecular weight excluding hydrogens is 256 g/mol. The number of hydrogen-bond acceptors (Lipinski definition) is 0. The van der Waals surface area contributed by atoms with Gasteiger partial charge in [0.25, 0.3) is 0 Å². The van der Waals surface area contributed by atoms with Gasteiger partial charge < -0.3 is 0 Å². The smallest absolute Gasteiger partial charge is 0.0879 e. The van der Waals surface area contributed by atoms with Crippen LogP contribution in [0.4, 0.5) is 0 Å². The molecule has 1 aromatic carbocycles. The number of hydrogen-bond donors (Lipinski definition) is 0. The molecule has 3 aliphatic rings. The molecule has 0 saturated carbocycles. The normalized spacial score (nSPS) is 20.9. The molecule has 0 spiro atoms.